The van der Waals surface area contributed by atoms with Crippen LogP contribution in [0, 0.1) is 6.92 Å². The Morgan fingerprint density at radius 3 is 2.48 bits per heavy atom. The Balaban J connectivity index is 1.99. The summed E-state index contributed by atoms with van der Waals surface area (Å²) in [6, 6.07) is 12.0. The maximum absolute atomic E-state index is 5.32. The van der Waals surface area contributed by atoms with E-state index in [1.54, 1.807) is 25.6 Å². The van der Waals surface area contributed by atoms with Crippen molar-refractivity contribution in [2.75, 3.05) is 19.5 Å². The molecule has 4 nitrogen and oxygen atoms in total. The molecule has 0 aliphatic heterocycles. The fourth-order valence-electron chi connectivity index (χ4n) is 2.14. The minimum absolute atomic E-state index is 0.692. The first kappa shape index (κ1) is 13.7. The number of nitrogens with one attached hydrogen (secondary N) is 1. The summed E-state index contributed by atoms with van der Waals surface area (Å²) in [7, 11) is 3.26. The SMILES string of the molecule is COc1cc2nc(Nc3ccccc3C)sc2cc1OC. The molecule has 0 radical (unpaired) electrons. The van der Waals surface area contributed by atoms with Crippen LogP contribution in [0.1, 0.15) is 5.56 Å². The first-order chi connectivity index (χ1) is 10.2. The minimum atomic E-state index is 0.692. The molecular weight excluding hydrogens is 284 g/mol. The number of hydrogen-bond acceptors (Lipinski definition) is 5. The number of nitrogens with zero attached hydrogens (tertiary/aromatic N) is 1. The monoisotopic (exact) mass is 300 g/mol. The predicted octanol–water partition coefficient (Wildman–Crippen LogP) is 4.37. The van der Waals surface area contributed by atoms with Crippen LogP contribution in [0.2, 0.25) is 0 Å². The maximum Gasteiger partial charge on any atom is 0.188 e. The van der Waals surface area contributed by atoms with Gasteiger partial charge in [-0.2, -0.15) is 0 Å². The molecule has 21 heavy (non-hydrogen) atoms. The summed E-state index contributed by atoms with van der Waals surface area (Å²) in [5.74, 6) is 1.41. The smallest absolute Gasteiger partial charge is 0.188 e. The van der Waals surface area contributed by atoms with Crippen molar-refractivity contribution in [3.63, 3.8) is 0 Å². The molecule has 0 spiro atoms. The first-order valence-electron chi connectivity index (χ1n) is 6.56. The number of anilines is 2. The van der Waals surface area contributed by atoms with Gasteiger partial charge in [-0.1, -0.05) is 29.5 Å². The number of methoxy groups -OCH3 is 2. The molecule has 0 saturated heterocycles. The number of rotatable bonds is 4. The lowest BCUT2D eigenvalue weighted by molar-refractivity contribution is 0.356. The topological polar surface area (TPSA) is 43.4 Å². The molecule has 0 bridgehead atoms. The van der Waals surface area contributed by atoms with Crippen LogP contribution in [0.25, 0.3) is 10.2 Å². The lowest BCUT2D eigenvalue weighted by Crippen LogP contribution is -1.91. The second-order valence-electron chi connectivity index (χ2n) is 4.63. The van der Waals surface area contributed by atoms with Crippen molar-refractivity contribution in [1.29, 1.82) is 0 Å². The van der Waals surface area contributed by atoms with Gasteiger partial charge in [-0.05, 0) is 18.6 Å². The van der Waals surface area contributed by atoms with Crippen molar-refractivity contribution in [1.82, 2.24) is 4.98 Å². The summed E-state index contributed by atoms with van der Waals surface area (Å²) in [6.45, 7) is 2.07. The number of hydrogen-bond donors (Lipinski definition) is 1. The van der Waals surface area contributed by atoms with Gasteiger partial charge in [0.2, 0.25) is 0 Å². The summed E-state index contributed by atoms with van der Waals surface area (Å²) in [6.07, 6.45) is 0. The predicted molar refractivity (Wildman–Crippen MR) is 87.2 cm³/mol. The van der Waals surface area contributed by atoms with Gasteiger partial charge in [0, 0.05) is 17.8 Å². The molecule has 5 heteroatoms. The summed E-state index contributed by atoms with van der Waals surface area (Å²) >= 11 is 1.59. The Morgan fingerprint density at radius 1 is 1.05 bits per heavy atom. The van der Waals surface area contributed by atoms with Gasteiger partial charge in [0.25, 0.3) is 0 Å². The van der Waals surface area contributed by atoms with Crippen LogP contribution in [0.5, 0.6) is 11.5 Å². The third kappa shape index (κ3) is 2.64. The number of thiazole rings is 1. The van der Waals surface area contributed by atoms with Crippen LogP contribution in [0.4, 0.5) is 10.8 Å². The van der Waals surface area contributed by atoms with Crippen molar-refractivity contribution in [2.45, 2.75) is 6.92 Å². The number of ether oxygens (including phenoxy) is 2. The van der Waals surface area contributed by atoms with Crippen LogP contribution in [0.15, 0.2) is 36.4 Å². The van der Waals surface area contributed by atoms with E-state index in [1.807, 2.05) is 30.3 Å². The van der Waals surface area contributed by atoms with Gasteiger partial charge in [0.05, 0.1) is 24.4 Å². The van der Waals surface area contributed by atoms with E-state index in [2.05, 4.69) is 23.3 Å². The highest BCUT2D eigenvalue weighted by atomic mass is 32.1. The third-order valence-electron chi connectivity index (χ3n) is 3.28. The standard InChI is InChI=1S/C16H16N2O2S/c1-10-6-4-5-7-11(10)17-16-18-12-8-13(19-2)14(20-3)9-15(12)21-16/h4-9H,1-3H3,(H,17,18). The molecule has 2 aromatic carbocycles. The van der Waals surface area contributed by atoms with E-state index in [0.29, 0.717) is 5.75 Å². The van der Waals surface area contributed by atoms with E-state index in [-0.39, 0.29) is 0 Å². The Bertz CT molecular complexity index is 742. The van der Waals surface area contributed by atoms with Crippen LogP contribution in [0.3, 0.4) is 0 Å². The van der Waals surface area contributed by atoms with E-state index in [1.165, 1.54) is 5.56 Å². The number of para-hydroxylation sites is 1. The summed E-state index contributed by atoms with van der Waals surface area (Å²) in [4.78, 5) is 4.60. The van der Waals surface area contributed by atoms with Gasteiger partial charge in [0.1, 0.15) is 0 Å². The minimum Gasteiger partial charge on any atom is -0.493 e. The van der Waals surface area contributed by atoms with E-state index in [9.17, 15) is 0 Å². The largest absolute Gasteiger partial charge is 0.493 e. The van der Waals surface area contributed by atoms with Gasteiger partial charge < -0.3 is 14.8 Å². The number of benzene rings is 2. The van der Waals surface area contributed by atoms with E-state index in [4.69, 9.17) is 9.47 Å². The highest BCUT2D eigenvalue weighted by Crippen LogP contribution is 2.37. The molecule has 0 aliphatic rings. The van der Waals surface area contributed by atoms with Crippen LogP contribution in [-0.4, -0.2) is 19.2 Å². The van der Waals surface area contributed by atoms with Crippen molar-refractivity contribution in [3.8, 4) is 11.5 Å². The Hall–Kier alpha value is -2.27. The molecule has 3 aromatic rings. The van der Waals surface area contributed by atoms with Crippen molar-refractivity contribution in [3.05, 3.63) is 42.0 Å². The zero-order valence-electron chi connectivity index (χ0n) is 12.1. The molecule has 0 aliphatic carbocycles. The molecule has 108 valence electrons. The molecule has 0 amide bonds. The van der Waals surface area contributed by atoms with Gasteiger partial charge in [-0.3, -0.25) is 0 Å². The molecule has 0 saturated carbocycles. The second-order valence-corrected chi connectivity index (χ2v) is 5.66. The molecule has 3 rings (SSSR count). The van der Waals surface area contributed by atoms with Gasteiger partial charge in [-0.25, -0.2) is 4.98 Å². The normalized spacial score (nSPS) is 10.6. The highest BCUT2D eigenvalue weighted by molar-refractivity contribution is 7.22. The lowest BCUT2D eigenvalue weighted by atomic mass is 10.2. The van der Waals surface area contributed by atoms with Gasteiger partial charge in [-0.15, -0.1) is 0 Å². The number of fused-ring (bicyclic) bond motifs is 1. The average Bonchev–Trinajstić information content (AvgIpc) is 2.89. The van der Waals surface area contributed by atoms with Gasteiger partial charge in [0.15, 0.2) is 16.6 Å². The zero-order valence-corrected chi connectivity index (χ0v) is 13.0. The maximum atomic E-state index is 5.32. The fraction of sp³-hybridized carbons (Fsp3) is 0.188. The van der Waals surface area contributed by atoms with Crippen LogP contribution < -0.4 is 14.8 Å². The molecule has 1 heterocycles. The Kier molecular flexibility index (Phi) is 3.66. The fourth-order valence-corrected chi connectivity index (χ4v) is 3.03. The summed E-state index contributed by atoms with van der Waals surface area (Å²) in [5, 5.41) is 4.22. The third-order valence-corrected chi connectivity index (χ3v) is 4.21. The van der Waals surface area contributed by atoms with E-state index < -0.39 is 0 Å². The first-order valence-corrected chi connectivity index (χ1v) is 7.38. The average molecular weight is 300 g/mol. The van der Waals surface area contributed by atoms with E-state index >= 15 is 0 Å². The molecule has 0 atom stereocenters. The molecule has 0 fully saturated rings. The zero-order chi connectivity index (χ0) is 14.8. The van der Waals surface area contributed by atoms with Crippen molar-refractivity contribution in [2.24, 2.45) is 0 Å². The van der Waals surface area contributed by atoms with Crippen molar-refractivity contribution < 1.29 is 9.47 Å². The molecule has 1 N–H and O–H groups in total. The van der Waals surface area contributed by atoms with Crippen molar-refractivity contribution >= 4 is 32.4 Å². The Morgan fingerprint density at radius 2 is 1.76 bits per heavy atom. The summed E-state index contributed by atoms with van der Waals surface area (Å²) in [5.41, 5.74) is 3.15. The Labute approximate surface area is 127 Å². The van der Waals surface area contributed by atoms with E-state index in [0.717, 1.165) is 26.8 Å². The number of aromatic nitrogens is 1. The molecule has 1 aromatic heterocycles. The summed E-state index contributed by atoms with van der Waals surface area (Å²) < 4.78 is 11.7. The van der Waals surface area contributed by atoms with Crippen LogP contribution >= 0.6 is 11.3 Å². The molecular formula is C16H16N2O2S. The second kappa shape index (κ2) is 5.61. The molecule has 0 unspecified atom stereocenters. The highest BCUT2D eigenvalue weighted by Gasteiger charge is 2.11. The quantitative estimate of drug-likeness (QED) is 0.777. The van der Waals surface area contributed by atoms with Gasteiger partial charge >= 0.3 is 0 Å². The number of aryl methyl sites for hydroxylation is 1. The lowest BCUT2D eigenvalue weighted by Gasteiger charge is -2.05. The van der Waals surface area contributed by atoms with Crippen LogP contribution in [-0.2, 0) is 0 Å².